The summed E-state index contributed by atoms with van der Waals surface area (Å²) in [5.41, 5.74) is 0.724. The summed E-state index contributed by atoms with van der Waals surface area (Å²) >= 11 is 0. The molecule has 30 heavy (non-hydrogen) atoms. The van der Waals surface area contributed by atoms with Crippen molar-refractivity contribution < 1.29 is 13.7 Å². The van der Waals surface area contributed by atoms with Gasteiger partial charge in [-0.05, 0) is 56.5 Å². The van der Waals surface area contributed by atoms with Gasteiger partial charge in [-0.1, -0.05) is 37.3 Å². The van der Waals surface area contributed by atoms with Crippen molar-refractivity contribution in [2.75, 3.05) is 13.1 Å². The van der Waals surface area contributed by atoms with Crippen molar-refractivity contribution in [1.29, 1.82) is 0 Å². The Morgan fingerprint density at radius 3 is 2.57 bits per heavy atom. The number of amides is 1. The lowest BCUT2D eigenvalue weighted by molar-refractivity contribution is -0.127. The number of likely N-dealkylation sites (tertiary alicyclic amines) is 1. The summed E-state index contributed by atoms with van der Waals surface area (Å²) in [4.78, 5) is 19.5. The van der Waals surface area contributed by atoms with Gasteiger partial charge in [0.15, 0.2) is 0 Å². The fourth-order valence-corrected chi connectivity index (χ4v) is 4.56. The quantitative estimate of drug-likeness (QED) is 0.789. The molecule has 1 aliphatic carbocycles. The average Bonchev–Trinajstić information content (AvgIpc) is 3.19. The molecule has 1 N–H and O–H groups in total. The molecule has 162 valence electrons. The topological polar surface area (TPSA) is 71.3 Å². The van der Waals surface area contributed by atoms with E-state index in [0.717, 1.165) is 37.8 Å². The van der Waals surface area contributed by atoms with Crippen LogP contribution in [0.2, 0.25) is 0 Å². The number of rotatable bonds is 5. The summed E-state index contributed by atoms with van der Waals surface area (Å²) in [6.45, 7) is 2.16. The van der Waals surface area contributed by atoms with Gasteiger partial charge in [-0.25, -0.2) is 4.39 Å². The van der Waals surface area contributed by atoms with Crippen LogP contribution in [0.4, 0.5) is 4.39 Å². The Bertz CT molecular complexity index is 815. The molecule has 2 aliphatic rings. The lowest BCUT2D eigenvalue weighted by atomic mass is 9.94. The molecule has 1 saturated heterocycles. The van der Waals surface area contributed by atoms with Gasteiger partial charge in [0.1, 0.15) is 5.82 Å². The van der Waals surface area contributed by atoms with Crippen molar-refractivity contribution in [2.45, 2.75) is 70.4 Å². The molecule has 1 amide bonds. The Kier molecular flexibility index (Phi) is 7.10. The summed E-state index contributed by atoms with van der Waals surface area (Å²) in [7, 11) is 0. The predicted molar refractivity (Wildman–Crippen MR) is 112 cm³/mol. The highest BCUT2D eigenvalue weighted by molar-refractivity contribution is 5.79. The molecule has 1 unspecified atom stereocenters. The molecular weight excluding hydrogens is 383 g/mol. The first-order valence-corrected chi connectivity index (χ1v) is 11.3. The molecule has 0 spiro atoms. The van der Waals surface area contributed by atoms with Crippen molar-refractivity contribution >= 4 is 5.91 Å². The summed E-state index contributed by atoms with van der Waals surface area (Å²) < 4.78 is 18.5. The van der Waals surface area contributed by atoms with E-state index in [4.69, 9.17) is 4.52 Å². The SMILES string of the molecule is O=C(NC1CCCCCCC1)C1CCCN(Cc2nc(-c3ccc(F)cc3)no2)C1. The van der Waals surface area contributed by atoms with E-state index in [1.165, 1.54) is 44.2 Å². The molecule has 1 atom stereocenters. The van der Waals surface area contributed by atoms with Crippen LogP contribution in [0.3, 0.4) is 0 Å². The number of benzene rings is 1. The van der Waals surface area contributed by atoms with Crippen LogP contribution in [-0.2, 0) is 11.3 Å². The van der Waals surface area contributed by atoms with Crippen molar-refractivity contribution in [3.05, 3.63) is 36.0 Å². The first-order chi connectivity index (χ1) is 14.7. The Hall–Kier alpha value is -2.28. The molecule has 1 aliphatic heterocycles. The monoisotopic (exact) mass is 414 g/mol. The molecule has 1 aromatic heterocycles. The average molecular weight is 415 g/mol. The first-order valence-electron chi connectivity index (χ1n) is 11.3. The molecule has 1 aromatic carbocycles. The van der Waals surface area contributed by atoms with Crippen molar-refractivity contribution in [3.8, 4) is 11.4 Å². The third kappa shape index (κ3) is 5.65. The number of halogens is 1. The lowest BCUT2D eigenvalue weighted by Crippen LogP contribution is -2.45. The number of piperidine rings is 1. The van der Waals surface area contributed by atoms with E-state index in [0.29, 0.717) is 30.8 Å². The van der Waals surface area contributed by atoms with Crippen LogP contribution in [0, 0.1) is 11.7 Å². The Morgan fingerprint density at radius 1 is 1.07 bits per heavy atom. The van der Waals surface area contributed by atoms with Gasteiger partial charge in [0, 0.05) is 18.2 Å². The highest BCUT2D eigenvalue weighted by Crippen LogP contribution is 2.22. The van der Waals surface area contributed by atoms with E-state index >= 15 is 0 Å². The Balaban J connectivity index is 1.30. The Morgan fingerprint density at radius 2 is 1.80 bits per heavy atom. The number of nitrogens with one attached hydrogen (secondary N) is 1. The van der Waals surface area contributed by atoms with Crippen molar-refractivity contribution in [3.63, 3.8) is 0 Å². The molecule has 2 heterocycles. The number of carbonyl (C=O) groups is 1. The molecular formula is C23H31FN4O2. The Labute approximate surface area is 177 Å². The minimum absolute atomic E-state index is 0.0173. The van der Waals surface area contributed by atoms with Crippen LogP contribution in [0.15, 0.2) is 28.8 Å². The zero-order chi connectivity index (χ0) is 20.8. The van der Waals surface area contributed by atoms with Crippen molar-refractivity contribution in [1.82, 2.24) is 20.4 Å². The van der Waals surface area contributed by atoms with Gasteiger partial charge in [-0.2, -0.15) is 4.98 Å². The maximum absolute atomic E-state index is 13.1. The summed E-state index contributed by atoms with van der Waals surface area (Å²) in [6.07, 6.45) is 10.5. The van der Waals surface area contributed by atoms with Crippen LogP contribution in [0.25, 0.3) is 11.4 Å². The molecule has 4 rings (SSSR count). The van der Waals surface area contributed by atoms with Crippen LogP contribution < -0.4 is 5.32 Å². The second-order valence-corrected chi connectivity index (χ2v) is 8.64. The number of hydrogen-bond donors (Lipinski definition) is 1. The van der Waals surface area contributed by atoms with Gasteiger partial charge < -0.3 is 9.84 Å². The number of aromatic nitrogens is 2. The third-order valence-electron chi connectivity index (χ3n) is 6.26. The minimum Gasteiger partial charge on any atom is -0.353 e. The molecule has 0 bridgehead atoms. The van der Waals surface area contributed by atoms with Gasteiger partial charge in [0.05, 0.1) is 12.5 Å². The second kappa shape index (κ2) is 10.2. The lowest BCUT2D eigenvalue weighted by Gasteiger charge is -2.32. The number of carbonyl (C=O) groups excluding carboxylic acids is 1. The molecule has 2 fully saturated rings. The molecule has 0 radical (unpaired) electrons. The van der Waals surface area contributed by atoms with Gasteiger partial charge >= 0.3 is 0 Å². The minimum atomic E-state index is -0.292. The number of hydrogen-bond acceptors (Lipinski definition) is 5. The van der Waals surface area contributed by atoms with Crippen LogP contribution in [0.1, 0.15) is 63.7 Å². The van der Waals surface area contributed by atoms with Crippen molar-refractivity contribution in [2.24, 2.45) is 5.92 Å². The largest absolute Gasteiger partial charge is 0.353 e. The maximum atomic E-state index is 13.1. The fraction of sp³-hybridized carbons (Fsp3) is 0.609. The smallest absolute Gasteiger partial charge is 0.241 e. The van der Waals surface area contributed by atoms with Crippen LogP contribution in [-0.4, -0.2) is 40.1 Å². The maximum Gasteiger partial charge on any atom is 0.241 e. The summed E-state index contributed by atoms with van der Waals surface area (Å²) in [6, 6.07) is 6.38. The van der Waals surface area contributed by atoms with Crippen LogP contribution in [0.5, 0.6) is 0 Å². The van der Waals surface area contributed by atoms with E-state index in [2.05, 4.69) is 20.4 Å². The first kappa shape index (κ1) is 21.0. The van der Waals surface area contributed by atoms with E-state index in [9.17, 15) is 9.18 Å². The van der Waals surface area contributed by atoms with Gasteiger partial charge in [-0.15, -0.1) is 0 Å². The summed E-state index contributed by atoms with van der Waals surface area (Å²) in [5.74, 6) is 0.905. The standard InChI is InChI=1S/C23H31FN4O2/c24-19-12-10-17(11-13-19)22-26-21(30-27-22)16-28-14-6-7-18(15-28)23(29)25-20-8-4-2-1-3-5-9-20/h10-13,18,20H,1-9,14-16H2,(H,25,29). The highest BCUT2D eigenvalue weighted by Gasteiger charge is 2.28. The fourth-order valence-electron chi connectivity index (χ4n) is 4.56. The molecule has 6 nitrogen and oxygen atoms in total. The normalized spacial score (nSPS) is 21.7. The van der Waals surface area contributed by atoms with E-state index in [-0.39, 0.29) is 17.6 Å². The zero-order valence-corrected chi connectivity index (χ0v) is 17.5. The third-order valence-corrected chi connectivity index (χ3v) is 6.26. The molecule has 7 heteroatoms. The van der Waals surface area contributed by atoms with E-state index in [1.54, 1.807) is 12.1 Å². The summed E-state index contributed by atoms with van der Waals surface area (Å²) in [5, 5.41) is 7.34. The highest BCUT2D eigenvalue weighted by atomic mass is 19.1. The zero-order valence-electron chi connectivity index (χ0n) is 17.5. The van der Waals surface area contributed by atoms with E-state index in [1.807, 2.05) is 0 Å². The van der Waals surface area contributed by atoms with Crippen LogP contribution >= 0.6 is 0 Å². The molecule has 1 saturated carbocycles. The van der Waals surface area contributed by atoms with Gasteiger partial charge in [-0.3, -0.25) is 9.69 Å². The second-order valence-electron chi connectivity index (χ2n) is 8.64. The molecule has 2 aromatic rings. The van der Waals surface area contributed by atoms with Gasteiger partial charge in [0.2, 0.25) is 17.6 Å². The van der Waals surface area contributed by atoms with Gasteiger partial charge in [0.25, 0.3) is 0 Å². The van der Waals surface area contributed by atoms with E-state index < -0.39 is 0 Å². The number of nitrogens with zero attached hydrogens (tertiary/aromatic N) is 3. The predicted octanol–water partition coefficient (Wildman–Crippen LogP) is 4.32.